The number of hydrogen-bond acceptors (Lipinski definition) is 4. The first-order valence-electron chi connectivity index (χ1n) is 8.40. The van der Waals surface area contributed by atoms with Gasteiger partial charge in [0.25, 0.3) is 0 Å². The maximum atomic E-state index is 6.17. The van der Waals surface area contributed by atoms with Gasteiger partial charge in [0.2, 0.25) is 0 Å². The molecular formula is C18H27NO3. The maximum Gasteiger partial charge on any atom is 0.161 e. The normalized spacial score (nSPS) is 22.7. The van der Waals surface area contributed by atoms with Gasteiger partial charge in [0.1, 0.15) is 0 Å². The van der Waals surface area contributed by atoms with Crippen molar-refractivity contribution in [3.05, 3.63) is 23.3 Å². The van der Waals surface area contributed by atoms with Crippen LogP contribution in [0.25, 0.3) is 0 Å². The van der Waals surface area contributed by atoms with Gasteiger partial charge < -0.3 is 19.1 Å². The molecule has 1 saturated heterocycles. The molecular weight excluding hydrogens is 278 g/mol. The maximum absolute atomic E-state index is 6.17. The molecule has 2 aliphatic heterocycles. The van der Waals surface area contributed by atoms with E-state index in [-0.39, 0.29) is 6.10 Å². The molecule has 0 bridgehead atoms. The summed E-state index contributed by atoms with van der Waals surface area (Å²) in [5, 5.41) is 0. The summed E-state index contributed by atoms with van der Waals surface area (Å²) in [6, 6.07) is 4.25. The molecule has 1 atom stereocenters. The lowest BCUT2D eigenvalue weighted by molar-refractivity contribution is 0.0238. The molecule has 0 saturated carbocycles. The Kier molecular flexibility index (Phi) is 5.21. The highest BCUT2D eigenvalue weighted by atomic mass is 16.5. The second-order valence-corrected chi connectivity index (χ2v) is 6.23. The van der Waals surface area contributed by atoms with Crippen LogP contribution in [0.1, 0.15) is 42.9 Å². The van der Waals surface area contributed by atoms with Crippen molar-refractivity contribution in [3.63, 3.8) is 0 Å². The molecule has 1 unspecified atom stereocenters. The number of likely N-dealkylation sites (tertiary alicyclic amines) is 1. The van der Waals surface area contributed by atoms with Crippen LogP contribution in [0.3, 0.4) is 0 Å². The summed E-state index contributed by atoms with van der Waals surface area (Å²) >= 11 is 0. The topological polar surface area (TPSA) is 30.9 Å². The molecule has 0 amide bonds. The third kappa shape index (κ3) is 3.39. The minimum atomic E-state index is 0.149. The van der Waals surface area contributed by atoms with E-state index < -0.39 is 0 Å². The quantitative estimate of drug-likeness (QED) is 0.855. The van der Waals surface area contributed by atoms with Gasteiger partial charge in [0, 0.05) is 13.2 Å². The second kappa shape index (κ2) is 7.34. The Hall–Kier alpha value is -1.26. The monoisotopic (exact) mass is 305 g/mol. The molecule has 1 aromatic carbocycles. The van der Waals surface area contributed by atoms with Crippen LogP contribution < -0.4 is 9.47 Å². The molecule has 0 N–H and O–H groups in total. The highest BCUT2D eigenvalue weighted by Crippen LogP contribution is 2.37. The molecule has 0 radical (unpaired) electrons. The third-order valence-electron chi connectivity index (χ3n) is 4.77. The summed E-state index contributed by atoms with van der Waals surface area (Å²) in [7, 11) is 3.39. The van der Waals surface area contributed by atoms with Gasteiger partial charge in [-0.2, -0.15) is 0 Å². The van der Waals surface area contributed by atoms with Crippen LogP contribution in [0.5, 0.6) is 11.5 Å². The fraction of sp³-hybridized carbons (Fsp3) is 0.667. The summed E-state index contributed by atoms with van der Waals surface area (Å²) in [4.78, 5) is 2.54. The van der Waals surface area contributed by atoms with E-state index in [2.05, 4.69) is 17.0 Å². The Bertz CT molecular complexity index is 497. The minimum Gasteiger partial charge on any atom is -0.493 e. The number of hydrogen-bond donors (Lipinski definition) is 0. The lowest BCUT2D eigenvalue weighted by Gasteiger charge is -2.30. The third-order valence-corrected chi connectivity index (χ3v) is 4.77. The van der Waals surface area contributed by atoms with Crippen molar-refractivity contribution in [2.75, 3.05) is 40.5 Å². The average molecular weight is 305 g/mol. The highest BCUT2D eigenvalue weighted by Gasteiger charge is 2.25. The molecule has 1 fully saturated rings. The lowest BCUT2D eigenvalue weighted by Crippen LogP contribution is -2.34. The summed E-state index contributed by atoms with van der Waals surface area (Å²) in [6.07, 6.45) is 6.25. The van der Waals surface area contributed by atoms with Crippen molar-refractivity contribution in [1.82, 2.24) is 4.90 Å². The van der Waals surface area contributed by atoms with Gasteiger partial charge in [-0.3, -0.25) is 0 Å². The van der Waals surface area contributed by atoms with E-state index in [0.29, 0.717) is 0 Å². The van der Waals surface area contributed by atoms with E-state index in [1.165, 1.54) is 43.5 Å². The van der Waals surface area contributed by atoms with Crippen molar-refractivity contribution < 1.29 is 14.2 Å². The first-order chi connectivity index (χ1) is 10.8. The van der Waals surface area contributed by atoms with Crippen LogP contribution in [0, 0.1) is 0 Å². The predicted molar refractivity (Wildman–Crippen MR) is 86.9 cm³/mol. The van der Waals surface area contributed by atoms with E-state index in [9.17, 15) is 0 Å². The molecule has 2 aliphatic rings. The van der Waals surface area contributed by atoms with Crippen molar-refractivity contribution in [3.8, 4) is 11.5 Å². The number of piperidine rings is 1. The molecule has 1 aromatic rings. The van der Waals surface area contributed by atoms with Gasteiger partial charge in [-0.15, -0.1) is 0 Å². The minimum absolute atomic E-state index is 0.149. The molecule has 2 heterocycles. The zero-order valence-electron chi connectivity index (χ0n) is 13.8. The number of ether oxygens (including phenoxy) is 3. The zero-order valence-corrected chi connectivity index (χ0v) is 13.8. The van der Waals surface area contributed by atoms with Crippen molar-refractivity contribution in [2.45, 2.75) is 38.2 Å². The molecule has 122 valence electrons. The Morgan fingerprint density at radius 3 is 2.50 bits per heavy atom. The van der Waals surface area contributed by atoms with Gasteiger partial charge in [-0.05, 0) is 62.0 Å². The molecule has 0 aromatic heterocycles. The number of nitrogens with zero attached hydrogens (tertiary/aromatic N) is 1. The fourth-order valence-corrected chi connectivity index (χ4v) is 3.56. The van der Waals surface area contributed by atoms with Crippen LogP contribution in [0.2, 0.25) is 0 Å². The van der Waals surface area contributed by atoms with Gasteiger partial charge in [-0.25, -0.2) is 0 Å². The number of rotatable bonds is 4. The first-order valence-corrected chi connectivity index (χ1v) is 8.40. The van der Waals surface area contributed by atoms with Gasteiger partial charge in [0.15, 0.2) is 11.5 Å². The first kappa shape index (κ1) is 15.6. The molecule has 22 heavy (non-hydrogen) atoms. The summed E-state index contributed by atoms with van der Waals surface area (Å²) in [5.41, 5.74) is 2.62. The number of fused-ring (bicyclic) bond motifs is 1. The van der Waals surface area contributed by atoms with E-state index in [1.54, 1.807) is 14.2 Å². The van der Waals surface area contributed by atoms with E-state index in [1.807, 2.05) is 0 Å². The highest BCUT2D eigenvalue weighted by molar-refractivity contribution is 5.48. The van der Waals surface area contributed by atoms with Crippen LogP contribution in [-0.4, -0.2) is 45.4 Å². The largest absolute Gasteiger partial charge is 0.493 e. The summed E-state index contributed by atoms with van der Waals surface area (Å²) in [5.74, 6) is 1.62. The Balaban J connectivity index is 1.86. The average Bonchev–Trinajstić information content (AvgIpc) is 2.76. The summed E-state index contributed by atoms with van der Waals surface area (Å²) in [6.45, 7) is 4.21. The summed E-state index contributed by atoms with van der Waals surface area (Å²) < 4.78 is 17.1. The SMILES string of the molecule is COc1cc2c(cc1OC)C(CN1CCCCC1)OCCC2. The number of methoxy groups -OCH3 is 2. The van der Waals surface area contributed by atoms with Crippen LogP contribution in [-0.2, 0) is 11.2 Å². The second-order valence-electron chi connectivity index (χ2n) is 6.23. The Labute approximate surface area is 133 Å². The predicted octanol–water partition coefficient (Wildman–Crippen LogP) is 3.19. The van der Waals surface area contributed by atoms with Gasteiger partial charge in [-0.1, -0.05) is 6.42 Å². The van der Waals surface area contributed by atoms with E-state index in [4.69, 9.17) is 14.2 Å². The smallest absolute Gasteiger partial charge is 0.161 e. The Morgan fingerprint density at radius 2 is 1.77 bits per heavy atom. The zero-order chi connectivity index (χ0) is 15.4. The van der Waals surface area contributed by atoms with Crippen LogP contribution in [0.15, 0.2) is 12.1 Å². The molecule has 0 spiro atoms. The number of aryl methyl sites for hydroxylation is 1. The number of benzene rings is 1. The van der Waals surface area contributed by atoms with Crippen LogP contribution in [0.4, 0.5) is 0 Å². The molecule has 4 heteroatoms. The Morgan fingerprint density at radius 1 is 1.05 bits per heavy atom. The molecule has 4 nitrogen and oxygen atoms in total. The van der Waals surface area contributed by atoms with E-state index >= 15 is 0 Å². The van der Waals surface area contributed by atoms with E-state index in [0.717, 1.165) is 37.5 Å². The van der Waals surface area contributed by atoms with Crippen molar-refractivity contribution >= 4 is 0 Å². The standard InChI is InChI=1S/C18H27NO3/c1-20-16-11-14-7-6-10-22-18(15(14)12-17(16)21-2)13-19-8-4-3-5-9-19/h11-12,18H,3-10,13H2,1-2H3. The molecule has 0 aliphatic carbocycles. The van der Waals surface area contributed by atoms with Crippen molar-refractivity contribution in [1.29, 1.82) is 0 Å². The van der Waals surface area contributed by atoms with Gasteiger partial charge in [0.05, 0.1) is 20.3 Å². The van der Waals surface area contributed by atoms with Crippen molar-refractivity contribution in [2.24, 2.45) is 0 Å². The van der Waals surface area contributed by atoms with Crippen LogP contribution >= 0.6 is 0 Å². The molecule has 3 rings (SSSR count). The van der Waals surface area contributed by atoms with Gasteiger partial charge >= 0.3 is 0 Å². The fourth-order valence-electron chi connectivity index (χ4n) is 3.56. The lowest BCUT2D eigenvalue weighted by atomic mass is 9.98.